The van der Waals surface area contributed by atoms with Crippen molar-refractivity contribution < 1.29 is 0 Å². The van der Waals surface area contributed by atoms with Gasteiger partial charge in [0.2, 0.25) is 0 Å². The summed E-state index contributed by atoms with van der Waals surface area (Å²) in [7, 11) is 0. The maximum absolute atomic E-state index is 8.17. The number of hydrogen-bond donors (Lipinski definition) is 0. The first kappa shape index (κ1) is 4.66. The monoisotopic (exact) mass is 112 g/mol. The Bertz CT molecular complexity index is 133. The van der Waals surface area contributed by atoms with Crippen molar-refractivity contribution in [3.8, 4) is 6.07 Å². The van der Waals surface area contributed by atoms with E-state index in [2.05, 4.69) is 4.99 Å². The number of nitrogens with zero attached hydrogens (tertiary/aromatic N) is 2. The first-order valence-electron chi connectivity index (χ1n) is 1.94. The molecule has 0 radical (unpaired) electrons. The third-order valence-corrected chi connectivity index (χ3v) is 1.50. The van der Waals surface area contributed by atoms with Crippen molar-refractivity contribution >= 4 is 17.5 Å². The van der Waals surface area contributed by atoms with Crippen molar-refractivity contribution in [3.63, 3.8) is 0 Å². The van der Waals surface area contributed by atoms with Crippen LogP contribution < -0.4 is 0 Å². The van der Waals surface area contributed by atoms with Crippen molar-refractivity contribution in [2.24, 2.45) is 4.99 Å². The quantitative estimate of drug-likeness (QED) is 0.461. The van der Waals surface area contributed by atoms with Crippen molar-refractivity contribution in [2.75, 3.05) is 11.6 Å². The molecule has 7 heavy (non-hydrogen) atoms. The van der Waals surface area contributed by atoms with E-state index in [-0.39, 0.29) is 0 Å². The van der Waals surface area contributed by atoms with Gasteiger partial charge in [0.05, 0.1) is 5.88 Å². The predicted octanol–water partition coefficient (Wildman–Crippen LogP) is 0.655. The van der Waals surface area contributed by atoms with Crippen LogP contribution >= 0.6 is 11.8 Å². The Labute approximate surface area is 46.2 Å². The van der Waals surface area contributed by atoms with Crippen molar-refractivity contribution in [1.82, 2.24) is 0 Å². The average molecular weight is 112 g/mol. The first-order chi connectivity index (χ1) is 3.43. The Kier molecular flexibility index (Phi) is 1.32. The van der Waals surface area contributed by atoms with Gasteiger partial charge >= 0.3 is 0 Å². The number of aliphatic imine (C=N–C) groups is 1. The molecule has 0 fully saturated rings. The van der Waals surface area contributed by atoms with Crippen LogP contribution in [0, 0.1) is 11.3 Å². The molecule has 1 aliphatic heterocycles. The second-order valence-electron chi connectivity index (χ2n) is 1.19. The van der Waals surface area contributed by atoms with Crippen LogP contribution in [0.25, 0.3) is 0 Å². The predicted molar refractivity (Wildman–Crippen MR) is 30.4 cm³/mol. The van der Waals surface area contributed by atoms with Crippen LogP contribution in [0.1, 0.15) is 0 Å². The minimum atomic E-state index is 0.685. The van der Waals surface area contributed by atoms with Crippen LogP contribution in [0.15, 0.2) is 4.99 Å². The van der Waals surface area contributed by atoms with Gasteiger partial charge < -0.3 is 0 Å². The third-order valence-electron chi connectivity index (χ3n) is 0.715. The van der Waals surface area contributed by atoms with Gasteiger partial charge in [-0.3, -0.25) is 4.99 Å². The van der Waals surface area contributed by atoms with E-state index in [1.807, 2.05) is 6.07 Å². The molecule has 0 spiro atoms. The molecule has 0 N–H and O–H groups in total. The van der Waals surface area contributed by atoms with E-state index in [0.717, 1.165) is 11.6 Å². The zero-order valence-electron chi connectivity index (χ0n) is 3.72. The number of hydrogen-bond acceptors (Lipinski definition) is 3. The molecule has 0 aromatic rings. The molecule has 0 unspecified atom stereocenters. The van der Waals surface area contributed by atoms with E-state index >= 15 is 0 Å². The fourth-order valence-electron chi connectivity index (χ4n) is 0.379. The second-order valence-corrected chi connectivity index (χ2v) is 2.15. The largest absolute Gasteiger partial charge is 0.267 e. The van der Waals surface area contributed by atoms with Crippen LogP contribution in [0.3, 0.4) is 0 Å². The molecule has 1 heterocycles. The molecule has 0 atom stereocenters. The lowest BCUT2D eigenvalue weighted by Crippen LogP contribution is -1.88. The van der Waals surface area contributed by atoms with Crippen LogP contribution in [-0.4, -0.2) is 17.3 Å². The van der Waals surface area contributed by atoms with Gasteiger partial charge in [0.25, 0.3) is 0 Å². The molecule has 1 rings (SSSR count). The maximum atomic E-state index is 8.17. The maximum Gasteiger partial charge on any atom is 0.123 e. The van der Waals surface area contributed by atoms with Gasteiger partial charge in [0.1, 0.15) is 11.8 Å². The number of rotatable bonds is 0. The molecule has 2 nitrogen and oxygen atoms in total. The molecular formula is C4H4N2S. The molecule has 0 aromatic heterocycles. The third kappa shape index (κ3) is 0.937. The topological polar surface area (TPSA) is 36.1 Å². The molecule has 0 aliphatic carbocycles. The summed E-state index contributed by atoms with van der Waals surface area (Å²) in [6.45, 7) is 0. The summed E-state index contributed by atoms with van der Waals surface area (Å²) in [6.07, 6.45) is 0. The normalized spacial score (nSPS) is 18.4. The van der Waals surface area contributed by atoms with Crippen LogP contribution in [0.4, 0.5) is 0 Å². The first-order valence-corrected chi connectivity index (χ1v) is 3.10. The van der Waals surface area contributed by atoms with Crippen LogP contribution in [0.5, 0.6) is 0 Å². The van der Waals surface area contributed by atoms with Gasteiger partial charge in [0, 0.05) is 5.75 Å². The Morgan fingerprint density at radius 1 is 1.86 bits per heavy atom. The van der Waals surface area contributed by atoms with Gasteiger partial charge in [-0.05, 0) is 0 Å². The van der Waals surface area contributed by atoms with E-state index in [4.69, 9.17) is 5.26 Å². The van der Waals surface area contributed by atoms with E-state index < -0.39 is 0 Å². The van der Waals surface area contributed by atoms with Crippen molar-refractivity contribution in [3.05, 3.63) is 0 Å². The Balaban J connectivity index is 2.57. The minimum absolute atomic E-state index is 0.685. The average Bonchev–Trinajstić information content (AvgIpc) is 2.14. The smallest absolute Gasteiger partial charge is 0.123 e. The van der Waals surface area contributed by atoms with Gasteiger partial charge in [0.15, 0.2) is 0 Å². The fraction of sp³-hybridized carbons (Fsp3) is 0.500. The van der Waals surface area contributed by atoms with Crippen LogP contribution in [-0.2, 0) is 0 Å². The van der Waals surface area contributed by atoms with Gasteiger partial charge in [-0.15, -0.1) is 11.8 Å². The lowest BCUT2D eigenvalue weighted by Gasteiger charge is -1.73. The van der Waals surface area contributed by atoms with E-state index in [9.17, 15) is 0 Å². The van der Waals surface area contributed by atoms with Crippen LogP contribution in [0.2, 0.25) is 0 Å². The molecule has 1 aliphatic rings. The molecule has 0 saturated carbocycles. The highest BCUT2D eigenvalue weighted by molar-refractivity contribution is 8.00. The summed E-state index contributed by atoms with van der Waals surface area (Å²) < 4.78 is 0. The molecule has 0 aromatic carbocycles. The zero-order chi connectivity index (χ0) is 5.11. The second kappa shape index (κ2) is 1.99. The zero-order valence-corrected chi connectivity index (χ0v) is 4.53. The Morgan fingerprint density at radius 3 is 3.00 bits per heavy atom. The molecular weight excluding hydrogens is 108 g/mol. The van der Waals surface area contributed by atoms with E-state index in [1.54, 1.807) is 11.8 Å². The lowest BCUT2D eigenvalue weighted by molar-refractivity contribution is 1.40. The van der Waals surface area contributed by atoms with Gasteiger partial charge in [-0.1, -0.05) is 0 Å². The number of thioether (sulfide) groups is 1. The molecule has 0 bridgehead atoms. The van der Waals surface area contributed by atoms with Crippen molar-refractivity contribution in [1.29, 1.82) is 5.26 Å². The van der Waals surface area contributed by atoms with E-state index in [0.29, 0.717) is 5.71 Å². The van der Waals surface area contributed by atoms with Gasteiger partial charge in [-0.2, -0.15) is 5.26 Å². The highest BCUT2D eigenvalue weighted by atomic mass is 32.2. The summed E-state index contributed by atoms with van der Waals surface area (Å²) in [5.41, 5.74) is 0.685. The lowest BCUT2D eigenvalue weighted by atomic mass is 10.5. The highest BCUT2D eigenvalue weighted by Crippen LogP contribution is 2.07. The fourth-order valence-corrected chi connectivity index (χ4v) is 1.07. The Morgan fingerprint density at radius 2 is 2.71 bits per heavy atom. The molecule has 0 amide bonds. The number of nitriles is 1. The Hall–Kier alpha value is -0.490. The SMILES string of the molecule is N#CC1=NCSC1. The summed E-state index contributed by atoms with van der Waals surface area (Å²) in [5, 5.41) is 8.17. The summed E-state index contributed by atoms with van der Waals surface area (Å²) in [6, 6.07) is 1.99. The summed E-state index contributed by atoms with van der Waals surface area (Å²) in [4.78, 5) is 3.87. The summed E-state index contributed by atoms with van der Waals surface area (Å²) >= 11 is 1.68. The molecule has 36 valence electrons. The highest BCUT2D eigenvalue weighted by Gasteiger charge is 2.02. The molecule has 0 saturated heterocycles. The summed E-state index contributed by atoms with van der Waals surface area (Å²) in [5.74, 6) is 1.60. The van der Waals surface area contributed by atoms with E-state index in [1.165, 1.54) is 0 Å². The minimum Gasteiger partial charge on any atom is -0.267 e. The standard InChI is InChI=1S/C4H4N2S/c5-1-4-2-7-3-6-4/h2-3H2. The van der Waals surface area contributed by atoms with Gasteiger partial charge in [-0.25, -0.2) is 0 Å². The molecule has 3 heteroatoms. The van der Waals surface area contributed by atoms with Crippen molar-refractivity contribution in [2.45, 2.75) is 0 Å².